The molecule has 122 valence electrons. The third-order valence-corrected chi connectivity index (χ3v) is 2.51. The van der Waals surface area contributed by atoms with Crippen LogP contribution in [0, 0.1) is 18.6 Å². The zero-order valence-corrected chi connectivity index (χ0v) is 12.6. The van der Waals surface area contributed by atoms with Gasteiger partial charge in [-0.15, -0.1) is 0 Å². The molecule has 0 fully saturated rings. The van der Waals surface area contributed by atoms with Crippen LogP contribution in [0.15, 0.2) is 36.4 Å². The average molecular weight is 317 g/mol. The molecule has 0 atom stereocenters. The number of benzene rings is 2. The zero-order valence-electron chi connectivity index (χ0n) is 13.6. The van der Waals surface area contributed by atoms with Gasteiger partial charge in [0.05, 0.1) is 22.7 Å². The Kier molecular flexibility index (Phi) is 8.33. The Balaban J connectivity index is 0.000000360. The molecule has 0 saturated carbocycles. The van der Waals surface area contributed by atoms with Crippen molar-refractivity contribution >= 4 is 0 Å². The highest BCUT2D eigenvalue weighted by molar-refractivity contribution is 5.38. The fraction of sp³-hybridized carbons (Fsp3) is 0.250. The van der Waals surface area contributed by atoms with Crippen molar-refractivity contribution in [3.63, 3.8) is 0 Å². The van der Waals surface area contributed by atoms with Gasteiger partial charge in [0.2, 0.25) is 0 Å². The first kappa shape index (κ1) is 17.7. The number of phenolic OH excluding ortho intramolecular Hbond substituents is 1. The van der Waals surface area contributed by atoms with Gasteiger partial charge in [-0.3, -0.25) is 4.39 Å². The van der Waals surface area contributed by atoms with Crippen molar-refractivity contribution in [2.45, 2.75) is 6.92 Å². The van der Waals surface area contributed by atoms with Crippen molar-refractivity contribution in [1.82, 2.24) is 0 Å². The maximum absolute atomic E-state index is 12.5. The first-order chi connectivity index (χ1) is 10.9. The maximum atomic E-state index is 12.5. The Bertz CT molecular complexity index is 543. The number of aromatic hydroxyl groups is 1. The molecule has 0 aliphatic carbocycles. The first-order valence-electron chi connectivity index (χ1n) is 6.78. The van der Waals surface area contributed by atoms with Gasteiger partial charge < -0.3 is 14.6 Å². The van der Waals surface area contributed by atoms with E-state index in [2.05, 4.69) is 4.74 Å². The van der Waals surface area contributed by atoms with Crippen molar-refractivity contribution in [3.8, 4) is 17.2 Å². The highest BCUT2D eigenvalue weighted by atomic mass is 19.1. The Hall–Kier alpha value is -2.37. The van der Waals surface area contributed by atoms with E-state index in [4.69, 9.17) is 11.2 Å². The van der Waals surface area contributed by atoms with Crippen LogP contribution < -0.4 is 9.47 Å². The summed E-state index contributed by atoms with van der Waals surface area (Å²) >= 11 is 0. The molecule has 2 rings (SSSR count). The number of hydrogen-bond donors (Lipinski definition) is 1. The molecule has 2 aromatic rings. The molecule has 0 bridgehead atoms. The van der Waals surface area contributed by atoms with Crippen LogP contribution in [0.3, 0.4) is 0 Å². The molecule has 22 heavy (non-hydrogen) atoms. The van der Waals surface area contributed by atoms with E-state index in [1.807, 2.05) is 6.92 Å². The van der Waals surface area contributed by atoms with Crippen LogP contribution in [-0.4, -0.2) is 26.5 Å². The van der Waals surface area contributed by atoms with Crippen molar-refractivity contribution in [3.05, 3.63) is 53.6 Å². The van der Waals surface area contributed by atoms with Gasteiger partial charge in [-0.1, -0.05) is 6.07 Å². The molecule has 0 aliphatic heterocycles. The summed E-state index contributed by atoms with van der Waals surface area (Å²) in [7, 11) is 1.90. The minimum atomic E-state index is -1.00. The summed E-state index contributed by atoms with van der Waals surface area (Å²) in [6.45, 7) is 1.87. The zero-order chi connectivity index (χ0) is 17.8. The average Bonchev–Trinajstić information content (AvgIpc) is 2.53. The maximum Gasteiger partial charge on any atom is 0.163 e. The third kappa shape index (κ3) is 6.39. The monoisotopic (exact) mass is 317 g/mol. The van der Waals surface area contributed by atoms with E-state index in [1.54, 1.807) is 6.07 Å². The number of rotatable bonds is 2. The van der Waals surface area contributed by atoms with Gasteiger partial charge in [0.15, 0.2) is 11.5 Å². The second-order valence-electron chi connectivity index (χ2n) is 3.93. The van der Waals surface area contributed by atoms with E-state index in [-0.39, 0.29) is 17.3 Å². The van der Waals surface area contributed by atoms with Crippen LogP contribution in [0.5, 0.6) is 17.2 Å². The smallest absolute Gasteiger partial charge is 0.163 e. The molecule has 0 saturated heterocycles. The third-order valence-electron chi connectivity index (χ3n) is 2.51. The largest absolute Gasteiger partial charge is 0.504 e. The number of halogens is 3. The van der Waals surface area contributed by atoms with Crippen LogP contribution >= 0.6 is 0 Å². The molecule has 0 radical (unpaired) electrons. The Labute approximate surface area is 129 Å². The van der Waals surface area contributed by atoms with E-state index < -0.39 is 13.0 Å². The van der Waals surface area contributed by atoms with Gasteiger partial charge in [0.25, 0.3) is 0 Å². The minimum Gasteiger partial charge on any atom is -0.504 e. The van der Waals surface area contributed by atoms with Crippen LogP contribution in [-0.2, 0) is 0 Å². The van der Waals surface area contributed by atoms with Gasteiger partial charge in [-0.2, -0.15) is 0 Å². The number of methoxy groups -OCH3 is 2. The Morgan fingerprint density at radius 2 is 1.41 bits per heavy atom. The Morgan fingerprint density at radius 3 is 1.82 bits per heavy atom. The van der Waals surface area contributed by atoms with Crippen molar-refractivity contribution in [1.29, 1.82) is 0 Å². The summed E-state index contributed by atoms with van der Waals surface area (Å²) in [6.07, 6.45) is 0. The summed E-state index contributed by atoms with van der Waals surface area (Å²) in [5, 5.41) is 8.94. The molecule has 0 spiro atoms. The van der Waals surface area contributed by atoms with Gasteiger partial charge in [-0.05, 0) is 30.7 Å². The molecule has 0 amide bonds. The quantitative estimate of drug-likeness (QED) is 0.899. The van der Waals surface area contributed by atoms with Gasteiger partial charge >= 0.3 is 0 Å². The lowest BCUT2D eigenvalue weighted by Gasteiger charge is -2.02. The highest BCUT2D eigenvalue weighted by Gasteiger charge is 2.00. The number of phenols is 1. The summed E-state index contributed by atoms with van der Waals surface area (Å²) in [5.41, 5.74) is 0.948. The molecule has 0 unspecified atom stereocenters. The van der Waals surface area contributed by atoms with Gasteiger partial charge in [0, 0.05) is 12.1 Å². The molecule has 0 heterocycles. The lowest BCUT2D eigenvalue weighted by atomic mass is 10.2. The second kappa shape index (κ2) is 10.4. The molecule has 3 nitrogen and oxygen atoms in total. The molecule has 6 heteroatoms. The van der Waals surface area contributed by atoms with Crippen molar-refractivity contribution in [2.24, 2.45) is 0 Å². The molecular formula is C16H19F3O3. The molecule has 1 N–H and O–H groups in total. The van der Waals surface area contributed by atoms with E-state index in [9.17, 15) is 13.2 Å². The summed E-state index contributed by atoms with van der Waals surface area (Å²) in [5.74, 6) is 0.0148. The summed E-state index contributed by atoms with van der Waals surface area (Å²) in [6, 6.07) is 8.00. The number of alkyl halides is 1. The summed E-state index contributed by atoms with van der Waals surface area (Å²) in [4.78, 5) is 0. The highest BCUT2D eigenvalue weighted by Crippen LogP contribution is 2.25. The second-order valence-corrected chi connectivity index (χ2v) is 3.93. The molecule has 0 aromatic heterocycles. The fourth-order valence-electron chi connectivity index (χ4n) is 1.45. The van der Waals surface area contributed by atoms with Crippen LogP contribution in [0.2, 0.25) is 0 Å². The lowest BCUT2D eigenvalue weighted by Crippen LogP contribution is -1.87. The molecule has 0 aliphatic rings. The first-order valence-corrected chi connectivity index (χ1v) is 6.07. The predicted octanol–water partition coefficient (Wildman–Crippen LogP) is 4.27. The standard InChI is InChI=1S/C8H9FO.C7H7FO2.CH3F/c1-6-3-4-7(9)5-8(6)10-2;1-10-7-4-5(8)2-3-6(7)9;1-2/h3-5H,1-2H3;2-4,9H,1H3;1H3/i;;1D. The lowest BCUT2D eigenvalue weighted by molar-refractivity contribution is 0.370. The van der Waals surface area contributed by atoms with Crippen LogP contribution in [0.25, 0.3) is 0 Å². The normalized spacial score (nSPS) is 9.45. The van der Waals surface area contributed by atoms with Crippen LogP contribution in [0.1, 0.15) is 6.93 Å². The Morgan fingerprint density at radius 1 is 0.955 bits per heavy atom. The van der Waals surface area contributed by atoms with E-state index in [0.717, 1.165) is 17.7 Å². The van der Waals surface area contributed by atoms with Crippen molar-refractivity contribution in [2.75, 3.05) is 21.4 Å². The SMILES string of the molecule is COc1cc(F)ccc1C.COc1cc(F)ccc1O.[2H]CF. The molecular weight excluding hydrogens is 297 g/mol. The van der Waals surface area contributed by atoms with Crippen molar-refractivity contribution < 1.29 is 29.1 Å². The van der Waals surface area contributed by atoms with E-state index in [0.29, 0.717) is 5.75 Å². The minimum absolute atomic E-state index is 0.0519. The van der Waals surface area contributed by atoms with E-state index in [1.165, 1.54) is 32.4 Å². The number of hydrogen-bond acceptors (Lipinski definition) is 3. The number of ether oxygens (including phenoxy) is 2. The molecule has 2 aromatic carbocycles. The van der Waals surface area contributed by atoms with Gasteiger partial charge in [0.1, 0.15) is 17.4 Å². The van der Waals surface area contributed by atoms with Crippen LogP contribution in [0.4, 0.5) is 13.2 Å². The topological polar surface area (TPSA) is 38.7 Å². The summed E-state index contributed by atoms with van der Waals surface area (Å²) < 4.78 is 49.8. The fourth-order valence-corrected chi connectivity index (χ4v) is 1.45. The van der Waals surface area contributed by atoms with E-state index >= 15 is 0 Å². The predicted molar refractivity (Wildman–Crippen MR) is 79.3 cm³/mol. The number of aryl methyl sites for hydroxylation is 1. The van der Waals surface area contributed by atoms with Gasteiger partial charge in [-0.25, -0.2) is 8.78 Å².